The van der Waals surface area contributed by atoms with E-state index in [1.807, 2.05) is 0 Å². The number of unbranched alkanes of at least 4 members (excludes halogenated alkanes) is 25. The molecule has 0 aliphatic rings. The minimum atomic E-state index is 0. The van der Waals surface area contributed by atoms with Crippen molar-refractivity contribution in [1.82, 2.24) is 4.90 Å². The van der Waals surface area contributed by atoms with Gasteiger partial charge >= 0.3 is 0 Å². The second-order valence-corrected chi connectivity index (χ2v) is 12.0. The van der Waals surface area contributed by atoms with Crippen molar-refractivity contribution >= 4 is 17.0 Å². The monoisotopic (exact) mass is 573 g/mol. The first-order valence-electron chi connectivity index (χ1n) is 16.9. The summed E-state index contributed by atoms with van der Waals surface area (Å²) in [6.07, 6.45) is 42.3. The first-order valence-corrected chi connectivity index (χ1v) is 16.9. The molecule has 0 amide bonds. The smallest absolute Gasteiger partial charge is 0.00891 e. The molecule has 0 bridgehead atoms. The fourth-order valence-electron chi connectivity index (χ4n) is 5.63. The SMILES string of the molecule is Br.CCCCCCCCCCCCCCCCCCCCC(CCCCCCCCCCC)N(C)C. The maximum absolute atomic E-state index is 2.50. The fraction of sp³-hybridized carbons (Fsp3) is 1.00. The van der Waals surface area contributed by atoms with Crippen LogP contribution in [-0.4, -0.2) is 25.0 Å². The molecule has 0 aliphatic heterocycles. The molecule has 0 aliphatic carbocycles. The average Bonchev–Trinajstić information content (AvgIpc) is 2.85. The Kier molecular flexibility index (Phi) is 35.9. The van der Waals surface area contributed by atoms with Crippen LogP contribution in [-0.2, 0) is 0 Å². The fourth-order valence-corrected chi connectivity index (χ4v) is 5.63. The molecule has 0 heterocycles. The van der Waals surface area contributed by atoms with E-state index in [1.54, 1.807) is 0 Å². The van der Waals surface area contributed by atoms with Gasteiger partial charge in [-0.05, 0) is 26.9 Å². The van der Waals surface area contributed by atoms with Gasteiger partial charge in [-0.15, -0.1) is 17.0 Å². The van der Waals surface area contributed by atoms with Crippen molar-refractivity contribution in [2.75, 3.05) is 14.1 Å². The molecule has 1 atom stereocenters. The molecule has 36 heavy (non-hydrogen) atoms. The van der Waals surface area contributed by atoms with Crippen molar-refractivity contribution in [3.8, 4) is 0 Å². The highest BCUT2D eigenvalue weighted by atomic mass is 79.9. The lowest BCUT2D eigenvalue weighted by Gasteiger charge is -2.24. The van der Waals surface area contributed by atoms with E-state index in [9.17, 15) is 0 Å². The molecule has 1 nitrogen and oxygen atoms in total. The van der Waals surface area contributed by atoms with Crippen LogP contribution in [0.25, 0.3) is 0 Å². The van der Waals surface area contributed by atoms with Gasteiger partial charge in [-0.2, -0.15) is 0 Å². The Morgan fingerprint density at radius 3 is 0.722 bits per heavy atom. The van der Waals surface area contributed by atoms with Gasteiger partial charge in [0.2, 0.25) is 0 Å². The van der Waals surface area contributed by atoms with E-state index in [0.29, 0.717) is 0 Å². The van der Waals surface area contributed by atoms with Crippen LogP contribution in [0.1, 0.15) is 200 Å². The summed E-state index contributed by atoms with van der Waals surface area (Å²) in [4.78, 5) is 2.50. The number of nitrogens with zero attached hydrogens (tertiary/aromatic N) is 1. The lowest BCUT2D eigenvalue weighted by Crippen LogP contribution is -2.27. The standard InChI is InChI=1S/C34H71N.BrH/c1-5-7-9-11-13-15-16-17-18-19-20-21-22-23-25-27-29-31-33-34(35(3)4)32-30-28-26-24-14-12-10-8-6-2;/h34H,5-33H2,1-4H3;1H. The molecule has 0 spiro atoms. The van der Waals surface area contributed by atoms with Crippen molar-refractivity contribution in [2.24, 2.45) is 0 Å². The third-order valence-electron chi connectivity index (χ3n) is 8.26. The van der Waals surface area contributed by atoms with E-state index in [-0.39, 0.29) is 17.0 Å². The molecule has 0 N–H and O–H groups in total. The number of hydrogen-bond donors (Lipinski definition) is 0. The molecule has 0 rings (SSSR count). The van der Waals surface area contributed by atoms with Crippen molar-refractivity contribution < 1.29 is 0 Å². The van der Waals surface area contributed by atoms with Gasteiger partial charge < -0.3 is 4.90 Å². The van der Waals surface area contributed by atoms with Crippen LogP contribution in [0.5, 0.6) is 0 Å². The van der Waals surface area contributed by atoms with Gasteiger partial charge in [-0.25, -0.2) is 0 Å². The predicted octanol–water partition coefficient (Wildman–Crippen LogP) is 12.8. The number of hydrogen-bond acceptors (Lipinski definition) is 1. The van der Waals surface area contributed by atoms with E-state index >= 15 is 0 Å². The largest absolute Gasteiger partial charge is 0.306 e. The normalized spacial score (nSPS) is 12.2. The van der Waals surface area contributed by atoms with Crippen LogP contribution >= 0.6 is 17.0 Å². The molecule has 0 aromatic rings. The predicted molar refractivity (Wildman–Crippen MR) is 173 cm³/mol. The zero-order valence-electron chi connectivity index (χ0n) is 25.9. The Hall–Kier alpha value is 0.440. The Balaban J connectivity index is 0. The summed E-state index contributed by atoms with van der Waals surface area (Å²) in [6.45, 7) is 4.61. The maximum Gasteiger partial charge on any atom is 0.00891 e. The summed E-state index contributed by atoms with van der Waals surface area (Å²) in [5.41, 5.74) is 0. The van der Waals surface area contributed by atoms with Gasteiger partial charge in [0.1, 0.15) is 0 Å². The molecule has 0 saturated heterocycles. The van der Waals surface area contributed by atoms with Crippen molar-refractivity contribution in [3.05, 3.63) is 0 Å². The highest BCUT2D eigenvalue weighted by Gasteiger charge is 2.10. The van der Waals surface area contributed by atoms with Gasteiger partial charge in [0.05, 0.1) is 0 Å². The number of halogens is 1. The van der Waals surface area contributed by atoms with E-state index in [1.165, 1.54) is 186 Å². The molecule has 220 valence electrons. The third-order valence-corrected chi connectivity index (χ3v) is 8.26. The summed E-state index contributed by atoms with van der Waals surface area (Å²) >= 11 is 0. The average molecular weight is 575 g/mol. The van der Waals surface area contributed by atoms with Crippen LogP contribution in [0.4, 0.5) is 0 Å². The van der Waals surface area contributed by atoms with Gasteiger partial charge in [0.25, 0.3) is 0 Å². The first kappa shape index (κ1) is 38.6. The Bertz CT molecular complexity index is 370. The molecule has 1 unspecified atom stereocenters. The molecule has 0 radical (unpaired) electrons. The Morgan fingerprint density at radius 1 is 0.333 bits per heavy atom. The van der Waals surface area contributed by atoms with Crippen LogP contribution in [0.2, 0.25) is 0 Å². The maximum atomic E-state index is 2.50. The molecular weight excluding hydrogens is 502 g/mol. The summed E-state index contributed by atoms with van der Waals surface area (Å²) in [6, 6.07) is 0.820. The summed E-state index contributed by atoms with van der Waals surface area (Å²) in [7, 11) is 4.60. The van der Waals surface area contributed by atoms with Crippen LogP contribution in [0.3, 0.4) is 0 Å². The first-order chi connectivity index (χ1) is 17.2. The molecular formula is C34H72BrN. The highest BCUT2D eigenvalue weighted by Crippen LogP contribution is 2.18. The van der Waals surface area contributed by atoms with Crippen molar-refractivity contribution in [3.63, 3.8) is 0 Å². The van der Waals surface area contributed by atoms with Gasteiger partial charge in [-0.3, -0.25) is 0 Å². The Morgan fingerprint density at radius 2 is 0.528 bits per heavy atom. The van der Waals surface area contributed by atoms with E-state index in [2.05, 4.69) is 32.8 Å². The van der Waals surface area contributed by atoms with Crippen molar-refractivity contribution in [1.29, 1.82) is 0 Å². The molecule has 2 heteroatoms. The zero-order valence-corrected chi connectivity index (χ0v) is 27.7. The second kappa shape index (κ2) is 33.5. The molecule has 0 fully saturated rings. The summed E-state index contributed by atoms with van der Waals surface area (Å²) in [5, 5.41) is 0. The Labute approximate surface area is 241 Å². The van der Waals surface area contributed by atoms with Gasteiger partial charge in [-0.1, -0.05) is 187 Å². The summed E-state index contributed by atoms with van der Waals surface area (Å²) < 4.78 is 0. The lowest BCUT2D eigenvalue weighted by atomic mass is 9.99. The summed E-state index contributed by atoms with van der Waals surface area (Å²) in [5.74, 6) is 0. The van der Waals surface area contributed by atoms with E-state index in [4.69, 9.17) is 0 Å². The highest BCUT2D eigenvalue weighted by molar-refractivity contribution is 8.93. The van der Waals surface area contributed by atoms with Crippen molar-refractivity contribution in [2.45, 2.75) is 206 Å². The van der Waals surface area contributed by atoms with E-state index < -0.39 is 0 Å². The molecule has 0 aromatic carbocycles. The van der Waals surface area contributed by atoms with Gasteiger partial charge in [0.15, 0.2) is 0 Å². The number of rotatable bonds is 30. The minimum Gasteiger partial charge on any atom is -0.306 e. The van der Waals surface area contributed by atoms with Gasteiger partial charge in [0, 0.05) is 6.04 Å². The quantitative estimate of drug-likeness (QED) is 0.0771. The lowest BCUT2D eigenvalue weighted by molar-refractivity contribution is 0.251. The van der Waals surface area contributed by atoms with Crippen LogP contribution in [0.15, 0.2) is 0 Å². The van der Waals surface area contributed by atoms with Crippen LogP contribution < -0.4 is 0 Å². The topological polar surface area (TPSA) is 3.24 Å². The van der Waals surface area contributed by atoms with E-state index in [0.717, 1.165) is 6.04 Å². The zero-order chi connectivity index (χ0) is 25.7. The van der Waals surface area contributed by atoms with Crippen LogP contribution in [0, 0.1) is 0 Å². The minimum absolute atomic E-state index is 0. The third kappa shape index (κ3) is 30.7. The molecule has 0 saturated carbocycles. The second-order valence-electron chi connectivity index (χ2n) is 12.0. The molecule has 0 aromatic heterocycles.